The molecule has 1 aliphatic heterocycles. The molecule has 0 bridgehead atoms. The lowest BCUT2D eigenvalue weighted by molar-refractivity contribution is 0.287. The Morgan fingerprint density at radius 1 is 1.07 bits per heavy atom. The maximum atomic E-state index is 5.78. The number of hydrogen-bond donors (Lipinski definition) is 1. The van der Waals surface area contributed by atoms with Crippen molar-refractivity contribution in [2.24, 2.45) is 5.92 Å². The maximum Gasteiger partial charge on any atom is 0.170 e. The Morgan fingerprint density at radius 3 is 2.43 bits per heavy atom. The molecule has 4 nitrogen and oxygen atoms in total. The Bertz CT molecular complexity index is 1040. The molecule has 0 aliphatic carbocycles. The Hall–Kier alpha value is -2.66. The van der Waals surface area contributed by atoms with Crippen LogP contribution in [0.5, 0.6) is 0 Å². The van der Waals surface area contributed by atoms with E-state index in [1.54, 1.807) is 0 Å². The van der Waals surface area contributed by atoms with Crippen LogP contribution in [0.2, 0.25) is 0 Å². The molecule has 1 saturated heterocycles. The third-order valence-electron chi connectivity index (χ3n) is 5.84. The molecule has 2 atom stereocenters. The molecule has 3 aromatic rings. The second kappa shape index (κ2) is 8.23. The maximum absolute atomic E-state index is 5.78. The molecule has 0 saturated carbocycles. The van der Waals surface area contributed by atoms with E-state index in [0.29, 0.717) is 5.92 Å². The number of nitrogens with zero attached hydrogens (tertiary/aromatic N) is 3. The lowest BCUT2D eigenvalue weighted by atomic mass is 9.96. The van der Waals surface area contributed by atoms with Gasteiger partial charge in [-0.05, 0) is 74.8 Å². The van der Waals surface area contributed by atoms with Crippen molar-refractivity contribution in [1.29, 1.82) is 0 Å². The number of hydrogen-bond acceptors (Lipinski definition) is 2. The summed E-state index contributed by atoms with van der Waals surface area (Å²) in [7, 11) is 0. The SMILES string of the molecule is Cc1ccc(-n2c(C)cc([C@@H]3[C@H](c4ccccn4)NC(=S)N3CC(C)C)c2C)cc1. The van der Waals surface area contributed by atoms with Gasteiger partial charge in [0.05, 0.1) is 17.8 Å². The quantitative estimate of drug-likeness (QED) is 0.561. The molecular formula is C25H30N4S. The molecule has 156 valence electrons. The average molecular weight is 419 g/mol. The predicted molar refractivity (Wildman–Crippen MR) is 127 cm³/mol. The van der Waals surface area contributed by atoms with Crippen LogP contribution in [0.25, 0.3) is 5.69 Å². The van der Waals surface area contributed by atoms with Gasteiger partial charge in [0.2, 0.25) is 0 Å². The monoisotopic (exact) mass is 418 g/mol. The van der Waals surface area contributed by atoms with Gasteiger partial charge in [0.25, 0.3) is 0 Å². The van der Waals surface area contributed by atoms with Crippen LogP contribution in [0.1, 0.15) is 54.1 Å². The van der Waals surface area contributed by atoms with E-state index < -0.39 is 0 Å². The van der Waals surface area contributed by atoms with E-state index in [9.17, 15) is 0 Å². The summed E-state index contributed by atoms with van der Waals surface area (Å²) in [6.45, 7) is 11.9. The molecule has 1 N–H and O–H groups in total. The van der Waals surface area contributed by atoms with Gasteiger partial charge in [0.1, 0.15) is 0 Å². The van der Waals surface area contributed by atoms with E-state index in [1.807, 2.05) is 18.3 Å². The second-order valence-electron chi connectivity index (χ2n) is 8.67. The summed E-state index contributed by atoms with van der Waals surface area (Å²) in [5, 5.41) is 4.37. The van der Waals surface area contributed by atoms with Crippen molar-refractivity contribution in [3.05, 3.63) is 82.9 Å². The molecular weight excluding hydrogens is 388 g/mol. The minimum absolute atomic E-state index is 0.0319. The zero-order valence-corrected chi connectivity index (χ0v) is 19.2. The zero-order valence-electron chi connectivity index (χ0n) is 18.4. The van der Waals surface area contributed by atoms with Crippen molar-refractivity contribution in [2.45, 2.75) is 46.7 Å². The van der Waals surface area contributed by atoms with Crippen molar-refractivity contribution in [1.82, 2.24) is 19.8 Å². The summed E-state index contributed by atoms with van der Waals surface area (Å²) in [6.07, 6.45) is 1.86. The molecule has 4 rings (SSSR count). The normalized spacial score (nSPS) is 18.9. The molecule has 0 amide bonds. The van der Waals surface area contributed by atoms with Crippen LogP contribution in [0.4, 0.5) is 0 Å². The number of pyridine rings is 1. The number of benzene rings is 1. The summed E-state index contributed by atoms with van der Waals surface area (Å²) < 4.78 is 2.35. The van der Waals surface area contributed by atoms with E-state index in [0.717, 1.165) is 17.4 Å². The summed E-state index contributed by atoms with van der Waals surface area (Å²) in [5.74, 6) is 0.510. The summed E-state index contributed by atoms with van der Waals surface area (Å²) >= 11 is 5.78. The molecule has 0 spiro atoms. The fourth-order valence-electron chi connectivity index (χ4n) is 4.51. The van der Waals surface area contributed by atoms with Crippen LogP contribution in [0.3, 0.4) is 0 Å². The van der Waals surface area contributed by atoms with E-state index in [2.05, 4.69) is 90.8 Å². The molecule has 0 unspecified atom stereocenters. The van der Waals surface area contributed by atoms with Crippen LogP contribution < -0.4 is 5.32 Å². The minimum Gasteiger partial charge on any atom is -0.352 e. The van der Waals surface area contributed by atoms with Gasteiger partial charge in [-0.3, -0.25) is 4.98 Å². The Balaban J connectivity index is 1.83. The number of rotatable bonds is 5. The van der Waals surface area contributed by atoms with E-state index in [-0.39, 0.29) is 12.1 Å². The number of thiocarbonyl (C=S) groups is 1. The number of nitrogens with one attached hydrogen (secondary N) is 1. The molecule has 0 radical (unpaired) electrons. The molecule has 1 fully saturated rings. The largest absolute Gasteiger partial charge is 0.352 e. The predicted octanol–water partition coefficient (Wildman–Crippen LogP) is 5.43. The first-order valence-electron chi connectivity index (χ1n) is 10.6. The first-order valence-corrected chi connectivity index (χ1v) is 11.0. The Morgan fingerprint density at radius 2 is 1.80 bits per heavy atom. The third kappa shape index (κ3) is 3.74. The lowest BCUT2D eigenvalue weighted by Gasteiger charge is -2.29. The topological polar surface area (TPSA) is 33.1 Å². The van der Waals surface area contributed by atoms with Crippen molar-refractivity contribution >= 4 is 17.3 Å². The highest BCUT2D eigenvalue weighted by atomic mass is 32.1. The van der Waals surface area contributed by atoms with Crippen LogP contribution >= 0.6 is 12.2 Å². The van der Waals surface area contributed by atoms with Gasteiger partial charge in [-0.2, -0.15) is 0 Å². The number of aromatic nitrogens is 2. The van der Waals surface area contributed by atoms with E-state index in [4.69, 9.17) is 12.2 Å². The number of aryl methyl sites for hydroxylation is 2. The van der Waals surface area contributed by atoms with Crippen molar-refractivity contribution in [3.8, 4) is 5.69 Å². The summed E-state index contributed by atoms with van der Waals surface area (Å²) in [4.78, 5) is 7.00. The van der Waals surface area contributed by atoms with E-state index in [1.165, 1.54) is 28.2 Å². The molecule has 2 aromatic heterocycles. The van der Waals surface area contributed by atoms with Crippen molar-refractivity contribution < 1.29 is 0 Å². The Kier molecular flexibility index (Phi) is 5.65. The van der Waals surface area contributed by atoms with Crippen LogP contribution in [-0.4, -0.2) is 26.1 Å². The van der Waals surface area contributed by atoms with Gasteiger partial charge in [-0.1, -0.05) is 37.6 Å². The second-order valence-corrected chi connectivity index (χ2v) is 9.06. The zero-order chi connectivity index (χ0) is 21.4. The highest BCUT2D eigenvalue weighted by Crippen LogP contribution is 2.41. The smallest absolute Gasteiger partial charge is 0.170 e. The van der Waals surface area contributed by atoms with Crippen LogP contribution in [-0.2, 0) is 0 Å². The van der Waals surface area contributed by atoms with Crippen LogP contribution in [0.15, 0.2) is 54.7 Å². The molecule has 1 aromatic carbocycles. The van der Waals surface area contributed by atoms with Gasteiger partial charge in [-0.15, -0.1) is 0 Å². The fraction of sp³-hybridized carbons (Fsp3) is 0.360. The molecule has 30 heavy (non-hydrogen) atoms. The van der Waals surface area contributed by atoms with Crippen molar-refractivity contribution in [3.63, 3.8) is 0 Å². The third-order valence-corrected chi connectivity index (χ3v) is 6.19. The first-order chi connectivity index (χ1) is 14.4. The van der Waals surface area contributed by atoms with E-state index >= 15 is 0 Å². The molecule has 5 heteroatoms. The van der Waals surface area contributed by atoms with Gasteiger partial charge >= 0.3 is 0 Å². The summed E-state index contributed by atoms with van der Waals surface area (Å²) in [5.41, 5.74) is 7.27. The van der Waals surface area contributed by atoms with Gasteiger partial charge in [0, 0.05) is 29.8 Å². The van der Waals surface area contributed by atoms with Gasteiger partial charge in [-0.25, -0.2) is 0 Å². The van der Waals surface area contributed by atoms with Gasteiger partial charge < -0.3 is 14.8 Å². The van der Waals surface area contributed by atoms with Crippen LogP contribution in [0, 0.1) is 26.7 Å². The lowest BCUT2D eigenvalue weighted by Crippen LogP contribution is -2.33. The standard InChI is InChI=1S/C25H30N4S/c1-16(2)15-28-24(23(27-25(28)30)22-8-6-7-13-26-22)21-14-18(4)29(19(21)5)20-11-9-17(3)10-12-20/h6-14,16,23-24H,15H2,1-5H3,(H,27,30)/t23-,24+/m0/s1. The summed E-state index contributed by atoms with van der Waals surface area (Å²) in [6, 6.07) is 17.3. The average Bonchev–Trinajstić information content (AvgIpc) is 3.19. The fourth-order valence-corrected chi connectivity index (χ4v) is 4.83. The van der Waals surface area contributed by atoms with Crippen molar-refractivity contribution in [2.75, 3.05) is 6.54 Å². The van der Waals surface area contributed by atoms with Gasteiger partial charge in [0.15, 0.2) is 5.11 Å². The Labute approximate surface area is 184 Å². The molecule has 1 aliphatic rings. The highest BCUT2D eigenvalue weighted by molar-refractivity contribution is 7.80. The minimum atomic E-state index is 0.0319. The highest BCUT2D eigenvalue weighted by Gasteiger charge is 2.41. The molecule has 3 heterocycles. The first kappa shape index (κ1) is 20.6.